The Hall–Kier alpha value is -4.46. The first kappa shape index (κ1) is 29.5. The first-order valence-corrected chi connectivity index (χ1v) is 14.0. The number of nitrogens with two attached hydrogens (primary N) is 1. The monoisotopic (exact) mass is 601 g/mol. The molecule has 0 saturated carbocycles. The number of nitrogens with zero attached hydrogens (tertiary/aromatic N) is 1. The van der Waals surface area contributed by atoms with Crippen LogP contribution in [0.5, 0.6) is 11.5 Å². The molecular weight excluding hydrogens is 574 g/mol. The van der Waals surface area contributed by atoms with E-state index in [0.717, 1.165) is 0 Å². The molecule has 0 radical (unpaired) electrons. The van der Waals surface area contributed by atoms with E-state index in [1.54, 1.807) is 48.5 Å². The fourth-order valence-electron chi connectivity index (χ4n) is 4.04. The molecule has 0 unspecified atom stereocenters. The molecule has 0 fully saturated rings. The fourth-order valence-corrected chi connectivity index (χ4v) is 5.48. The summed E-state index contributed by atoms with van der Waals surface area (Å²) in [5.41, 5.74) is 9.62. The first-order valence-electron chi connectivity index (χ1n) is 12.2. The highest BCUT2D eigenvalue weighted by Crippen LogP contribution is 2.31. The van der Waals surface area contributed by atoms with Crippen molar-refractivity contribution in [3.63, 3.8) is 0 Å². The number of ether oxygens (including phenoxy) is 3. The SMILES string of the molecule is COc1ccc(CNS(=O)(=O)c2cc(NC(=O)Cc3ccccc3Cl)ccc2N2CC(OC(N)=O)=CN2)c(OC)c1. The van der Waals surface area contributed by atoms with Gasteiger partial charge in [0.2, 0.25) is 15.9 Å². The number of nitrogens with one attached hydrogen (secondary N) is 3. The summed E-state index contributed by atoms with van der Waals surface area (Å²) >= 11 is 6.18. The first-order chi connectivity index (χ1) is 19.6. The summed E-state index contributed by atoms with van der Waals surface area (Å²) in [6.45, 7) is -0.0876. The van der Waals surface area contributed by atoms with Crippen LogP contribution in [0, 0.1) is 0 Å². The molecule has 0 aromatic heterocycles. The summed E-state index contributed by atoms with van der Waals surface area (Å²) < 4.78 is 45.4. The van der Waals surface area contributed by atoms with Crippen molar-refractivity contribution in [1.82, 2.24) is 10.1 Å². The number of carbonyl (C=O) groups is 2. The van der Waals surface area contributed by atoms with Gasteiger partial charge in [-0.3, -0.25) is 9.80 Å². The Morgan fingerprint density at radius 2 is 1.83 bits per heavy atom. The molecule has 0 saturated heterocycles. The number of rotatable bonds is 11. The number of halogens is 1. The zero-order valence-corrected chi connectivity index (χ0v) is 23.7. The smallest absolute Gasteiger partial charge is 0.409 e. The number of hydrogen-bond donors (Lipinski definition) is 4. The number of carbonyl (C=O) groups excluding carboxylic acids is 2. The minimum Gasteiger partial charge on any atom is -0.497 e. The molecule has 1 aliphatic rings. The van der Waals surface area contributed by atoms with Crippen LogP contribution in [0.3, 0.4) is 0 Å². The minimum absolute atomic E-state index is 0.00949. The maximum absolute atomic E-state index is 13.7. The zero-order chi connectivity index (χ0) is 29.6. The van der Waals surface area contributed by atoms with Crippen LogP contribution in [-0.4, -0.2) is 41.2 Å². The van der Waals surface area contributed by atoms with E-state index in [-0.39, 0.29) is 47.4 Å². The van der Waals surface area contributed by atoms with Gasteiger partial charge in [-0.05, 0) is 35.9 Å². The van der Waals surface area contributed by atoms with E-state index in [2.05, 4.69) is 15.5 Å². The molecule has 3 aromatic carbocycles. The van der Waals surface area contributed by atoms with E-state index in [4.69, 9.17) is 31.5 Å². The minimum atomic E-state index is -4.18. The Labute approximate surface area is 242 Å². The predicted octanol–water partition coefficient (Wildman–Crippen LogP) is 3.28. The Bertz CT molecular complexity index is 1600. The molecule has 4 rings (SSSR count). The number of anilines is 2. The molecule has 3 aromatic rings. The van der Waals surface area contributed by atoms with Crippen molar-refractivity contribution in [2.45, 2.75) is 17.9 Å². The van der Waals surface area contributed by atoms with Crippen LogP contribution in [0.25, 0.3) is 0 Å². The van der Waals surface area contributed by atoms with Gasteiger partial charge in [0.1, 0.15) is 22.2 Å². The van der Waals surface area contributed by atoms with Gasteiger partial charge in [-0.1, -0.05) is 35.9 Å². The number of benzene rings is 3. The van der Waals surface area contributed by atoms with Gasteiger partial charge in [0.05, 0.1) is 39.1 Å². The van der Waals surface area contributed by atoms with Crippen molar-refractivity contribution in [3.8, 4) is 11.5 Å². The van der Waals surface area contributed by atoms with E-state index in [9.17, 15) is 18.0 Å². The van der Waals surface area contributed by atoms with Crippen molar-refractivity contribution in [2.75, 3.05) is 31.1 Å². The number of methoxy groups -OCH3 is 2. The van der Waals surface area contributed by atoms with Gasteiger partial charge in [0, 0.05) is 28.9 Å². The molecule has 216 valence electrons. The van der Waals surface area contributed by atoms with Gasteiger partial charge >= 0.3 is 6.09 Å². The van der Waals surface area contributed by atoms with E-state index in [0.29, 0.717) is 27.6 Å². The van der Waals surface area contributed by atoms with Crippen LogP contribution in [0.2, 0.25) is 5.02 Å². The third-order valence-corrected chi connectivity index (χ3v) is 7.81. The van der Waals surface area contributed by atoms with Gasteiger partial charge in [0.25, 0.3) is 0 Å². The lowest BCUT2D eigenvalue weighted by Gasteiger charge is -2.23. The third-order valence-electron chi connectivity index (χ3n) is 6.01. The second kappa shape index (κ2) is 12.8. The summed E-state index contributed by atoms with van der Waals surface area (Å²) in [5.74, 6) is 0.793. The number of sulfonamides is 1. The normalized spacial score (nSPS) is 12.8. The lowest BCUT2D eigenvalue weighted by atomic mass is 10.1. The molecular formula is C27H28ClN5O7S. The Morgan fingerprint density at radius 3 is 2.54 bits per heavy atom. The van der Waals surface area contributed by atoms with E-state index in [1.165, 1.54) is 37.6 Å². The zero-order valence-electron chi connectivity index (χ0n) is 22.1. The van der Waals surface area contributed by atoms with E-state index < -0.39 is 16.1 Å². The standard InChI is InChI=1S/C27H28ClN5O7S/c1-38-20-9-7-18(24(13-20)39-2)14-31-41(36,37)25-12-19(32-26(34)11-17-5-3-4-6-22(17)28)8-10-23(25)33-16-21(15-30-33)40-27(29)35/h3-10,12-13,15,30-31H,11,14,16H2,1-2H3,(H2,29,35)(H,32,34). The van der Waals surface area contributed by atoms with Crippen molar-refractivity contribution in [2.24, 2.45) is 5.73 Å². The molecule has 5 N–H and O–H groups in total. The van der Waals surface area contributed by atoms with Crippen molar-refractivity contribution in [3.05, 3.63) is 88.8 Å². The summed E-state index contributed by atoms with van der Waals surface area (Å²) in [5, 5.41) is 4.63. The van der Waals surface area contributed by atoms with Crippen molar-refractivity contribution < 1.29 is 32.2 Å². The molecule has 41 heavy (non-hydrogen) atoms. The van der Waals surface area contributed by atoms with Crippen LogP contribution < -0.4 is 35.7 Å². The molecule has 0 aliphatic carbocycles. The molecule has 1 aliphatic heterocycles. The van der Waals surface area contributed by atoms with Gasteiger partial charge in [-0.25, -0.2) is 17.9 Å². The Balaban J connectivity index is 1.61. The number of hydrazine groups is 1. The van der Waals surface area contributed by atoms with Crippen LogP contribution in [0.4, 0.5) is 16.2 Å². The highest BCUT2D eigenvalue weighted by molar-refractivity contribution is 7.89. The number of amides is 2. The third kappa shape index (κ3) is 7.39. The van der Waals surface area contributed by atoms with E-state index >= 15 is 0 Å². The van der Waals surface area contributed by atoms with E-state index in [1.807, 2.05) is 0 Å². The van der Waals surface area contributed by atoms with Gasteiger partial charge < -0.3 is 30.7 Å². The van der Waals surface area contributed by atoms with Crippen LogP contribution in [-0.2, 0) is 32.5 Å². The topological polar surface area (TPSA) is 161 Å². The summed E-state index contributed by atoms with van der Waals surface area (Å²) in [6.07, 6.45) is 0.375. The lowest BCUT2D eigenvalue weighted by molar-refractivity contribution is -0.115. The molecule has 12 nitrogen and oxygen atoms in total. The fraction of sp³-hybridized carbons (Fsp3) is 0.185. The largest absolute Gasteiger partial charge is 0.497 e. The Kier molecular flexibility index (Phi) is 9.22. The van der Waals surface area contributed by atoms with Crippen LogP contribution in [0.15, 0.2) is 77.5 Å². The number of hydrogen-bond acceptors (Lipinski definition) is 9. The summed E-state index contributed by atoms with van der Waals surface area (Å²) in [7, 11) is -1.19. The maximum atomic E-state index is 13.7. The molecule has 1 heterocycles. The van der Waals surface area contributed by atoms with Crippen molar-refractivity contribution in [1.29, 1.82) is 0 Å². The second-order valence-corrected chi connectivity index (χ2v) is 10.9. The summed E-state index contributed by atoms with van der Waals surface area (Å²) in [4.78, 5) is 23.8. The van der Waals surface area contributed by atoms with Gasteiger partial charge in [0.15, 0.2) is 0 Å². The lowest BCUT2D eigenvalue weighted by Crippen LogP contribution is -2.33. The molecule has 2 amide bonds. The molecule has 14 heteroatoms. The number of primary amides is 1. The van der Waals surface area contributed by atoms with Crippen LogP contribution in [0.1, 0.15) is 11.1 Å². The Morgan fingerprint density at radius 1 is 1.05 bits per heavy atom. The second-order valence-electron chi connectivity index (χ2n) is 8.75. The van der Waals surface area contributed by atoms with Crippen LogP contribution >= 0.6 is 11.6 Å². The summed E-state index contributed by atoms with van der Waals surface area (Å²) in [6, 6.07) is 16.4. The maximum Gasteiger partial charge on any atom is 0.409 e. The van der Waals surface area contributed by atoms with Gasteiger partial charge in [-0.2, -0.15) is 0 Å². The van der Waals surface area contributed by atoms with Crippen molar-refractivity contribution >= 4 is 45.0 Å². The average Bonchev–Trinajstić information content (AvgIpc) is 3.40. The highest BCUT2D eigenvalue weighted by Gasteiger charge is 2.27. The molecule has 0 spiro atoms. The molecule has 0 atom stereocenters. The highest BCUT2D eigenvalue weighted by atomic mass is 35.5. The quantitative estimate of drug-likeness (QED) is 0.258. The molecule has 0 bridgehead atoms. The average molecular weight is 602 g/mol. The van der Waals surface area contributed by atoms with Gasteiger partial charge in [-0.15, -0.1) is 0 Å². The predicted molar refractivity (Wildman–Crippen MR) is 153 cm³/mol.